The van der Waals surface area contributed by atoms with Crippen LogP contribution in [0.2, 0.25) is 5.02 Å². The summed E-state index contributed by atoms with van der Waals surface area (Å²) >= 11 is 5.84. The molecule has 0 bridgehead atoms. The lowest BCUT2D eigenvalue weighted by molar-refractivity contribution is 0.0965. The maximum absolute atomic E-state index is 14.0. The molecule has 2 heterocycles. The number of rotatable bonds is 3. The average Bonchev–Trinajstić information content (AvgIpc) is 2.86. The number of pyridine rings is 1. The van der Waals surface area contributed by atoms with Crippen LogP contribution in [0, 0.1) is 5.82 Å². The van der Waals surface area contributed by atoms with Gasteiger partial charge in [0.1, 0.15) is 11.3 Å². The number of benzene rings is 1. The largest absolute Gasteiger partial charge is 0.417 e. The molecule has 8 heteroatoms. The Morgan fingerprint density at radius 1 is 1.33 bits per heavy atom. The van der Waals surface area contributed by atoms with Crippen molar-refractivity contribution < 1.29 is 13.6 Å². The van der Waals surface area contributed by atoms with Gasteiger partial charge in [0, 0.05) is 11.6 Å². The van der Waals surface area contributed by atoms with E-state index in [1.807, 2.05) is 0 Å². The summed E-state index contributed by atoms with van der Waals surface area (Å²) in [5.41, 5.74) is 5.83. The van der Waals surface area contributed by atoms with Gasteiger partial charge in [-0.1, -0.05) is 11.6 Å². The number of nitrogens with zero attached hydrogens (tertiary/aromatic N) is 3. The maximum Gasteiger partial charge on any atom is 0.306 e. The molecule has 3 rings (SSSR count). The molecule has 0 unspecified atom stereocenters. The summed E-state index contributed by atoms with van der Waals surface area (Å²) in [6, 6.07) is 4.64. The highest BCUT2D eigenvalue weighted by molar-refractivity contribution is 6.31. The molecule has 106 valence electrons. The van der Waals surface area contributed by atoms with Crippen molar-refractivity contribution in [2.75, 3.05) is 0 Å². The number of carbonyl (C=O) groups is 1. The molecule has 3 aromatic rings. The Kier molecular flexibility index (Phi) is 3.26. The van der Waals surface area contributed by atoms with Gasteiger partial charge in [-0.15, -0.1) is 10.2 Å². The van der Waals surface area contributed by atoms with Gasteiger partial charge in [-0.3, -0.25) is 9.78 Å². The molecule has 21 heavy (non-hydrogen) atoms. The number of nitrogens with two attached hydrogens (primary N) is 1. The van der Waals surface area contributed by atoms with Crippen molar-refractivity contribution in [3.05, 3.63) is 52.6 Å². The molecule has 0 aliphatic carbocycles. The summed E-state index contributed by atoms with van der Waals surface area (Å²) in [7, 11) is 0. The smallest absolute Gasteiger partial charge is 0.306 e. The SMILES string of the molecule is NC(=O)c1nnc(Cc2cc(F)c3ncc(Cl)cc3c2)o1. The van der Waals surface area contributed by atoms with Crippen molar-refractivity contribution in [2.45, 2.75) is 6.42 Å². The first-order valence-corrected chi connectivity index (χ1v) is 6.26. The molecule has 2 aromatic heterocycles. The summed E-state index contributed by atoms with van der Waals surface area (Å²) in [6.07, 6.45) is 1.55. The zero-order chi connectivity index (χ0) is 15.0. The number of aromatic nitrogens is 3. The Bertz CT molecular complexity index is 849. The fraction of sp³-hybridized carbons (Fsp3) is 0.0769. The van der Waals surface area contributed by atoms with Crippen molar-refractivity contribution in [3.63, 3.8) is 0 Å². The first-order valence-electron chi connectivity index (χ1n) is 5.89. The fourth-order valence-electron chi connectivity index (χ4n) is 1.94. The molecule has 1 amide bonds. The second-order valence-corrected chi connectivity index (χ2v) is 4.78. The Morgan fingerprint density at radius 2 is 2.14 bits per heavy atom. The minimum atomic E-state index is -0.811. The summed E-state index contributed by atoms with van der Waals surface area (Å²) < 4.78 is 19.0. The second kappa shape index (κ2) is 5.10. The molecule has 0 saturated heterocycles. The second-order valence-electron chi connectivity index (χ2n) is 4.34. The third-order valence-electron chi connectivity index (χ3n) is 2.80. The third kappa shape index (κ3) is 2.68. The molecule has 0 saturated carbocycles. The van der Waals surface area contributed by atoms with Crippen LogP contribution in [0.4, 0.5) is 4.39 Å². The van der Waals surface area contributed by atoms with Gasteiger partial charge in [-0.2, -0.15) is 0 Å². The zero-order valence-electron chi connectivity index (χ0n) is 10.5. The monoisotopic (exact) mass is 306 g/mol. The molecule has 1 aromatic carbocycles. The van der Waals surface area contributed by atoms with E-state index in [0.717, 1.165) is 0 Å². The van der Waals surface area contributed by atoms with E-state index in [0.29, 0.717) is 16.0 Å². The summed E-state index contributed by atoms with van der Waals surface area (Å²) in [5, 5.41) is 8.14. The van der Waals surface area contributed by atoms with Crippen LogP contribution in [0.1, 0.15) is 22.1 Å². The zero-order valence-corrected chi connectivity index (χ0v) is 11.3. The number of carbonyl (C=O) groups excluding carboxylic acids is 1. The first kappa shape index (κ1) is 13.4. The van der Waals surface area contributed by atoms with Crippen molar-refractivity contribution in [2.24, 2.45) is 5.73 Å². The minimum absolute atomic E-state index is 0.164. The van der Waals surface area contributed by atoms with E-state index < -0.39 is 11.7 Å². The quantitative estimate of drug-likeness (QED) is 0.799. The molecule has 0 aliphatic rings. The normalized spacial score (nSPS) is 11.0. The van der Waals surface area contributed by atoms with Crippen molar-refractivity contribution in [3.8, 4) is 0 Å². The molecule has 6 nitrogen and oxygen atoms in total. The highest BCUT2D eigenvalue weighted by Crippen LogP contribution is 2.22. The van der Waals surface area contributed by atoms with E-state index in [-0.39, 0.29) is 23.7 Å². The van der Waals surface area contributed by atoms with Crippen LogP contribution in [0.25, 0.3) is 10.9 Å². The molecule has 0 fully saturated rings. The maximum atomic E-state index is 14.0. The van der Waals surface area contributed by atoms with E-state index in [4.69, 9.17) is 21.8 Å². The number of amides is 1. The lowest BCUT2D eigenvalue weighted by atomic mass is 10.1. The number of halogens is 2. The van der Waals surface area contributed by atoms with Gasteiger partial charge in [-0.05, 0) is 23.8 Å². The predicted molar refractivity (Wildman–Crippen MR) is 72.3 cm³/mol. The van der Waals surface area contributed by atoms with Gasteiger partial charge < -0.3 is 10.2 Å². The highest BCUT2D eigenvalue weighted by atomic mass is 35.5. The summed E-state index contributed by atoms with van der Waals surface area (Å²) in [4.78, 5) is 14.8. The van der Waals surface area contributed by atoms with Gasteiger partial charge in [0.25, 0.3) is 0 Å². The van der Waals surface area contributed by atoms with Crippen molar-refractivity contribution in [1.82, 2.24) is 15.2 Å². The van der Waals surface area contributed by atoms with Crippen LogP contribution in [0.5, 0.6) is 0 Å². The number of primary amides is 1. The van der Waals surface area contributed by atoms with Gasteiger partial charge in [-0.25, -0.2) is 4.39 Å². The topological polar surface area (TPSA) is 94.9 Å². The lowest BCUT2D eigenvalue weighted by Gasteiger charge is -2.03. The van der Waals surface area contributed by atoms with Crippen LogP contribution in [-0.4, -0.2) is 21.1 Å². The molecule has 0 radical (unpaired) electrons. The van der Waals surface area contributed by atoms with E-state index in [2.05, 4.69) is 15.2 Å². The Hall–Kier alpha value is -2.54. The molecule has 0 aliphatic heterocycles. The van der Waals surface area contributed by atoms with Gasteiger partial charge >= 0.3 is 11.8 Å². The molecule has 2 N–H and O–H groups in total. The van der Waals surface area contributed by atoms with Crippen LogP contribution in [0.3, 0.4) is 0 Å². The van der Waals surface area contributed by atoms with Crippen molar-refractivity contribution >= 4 is 28.4 Å². The Balaban J connectivity index is 1.98. The van der Waals surface area contributed by atoms with Gasteiger partial charge in [0.05, 0.1) is 11.4 Å². The van der Waals surface area contributed by atoms with Crippen LogP contribution in [0.15, 0.2) is 28.8 Å². The third-order valence-corrected chi connectivity index (χ3v) is 3.00. The lowest BCUT2D eigenvalue weighted by Crippen LogP contribution is -2.11. The Morgan fingerprint density at radius 3 is 2.86 bits per heavy atom. The predicted octanol–water partition coefficient (Wildman–Crippen LogP) is 2.10. The number of fused-ring (bicyclic) bond motifs is 1. The van der Waals surface area contributed by atoms with Crippen LogP contribution < -0.4 is 5.73 Å². The van der Waals surface area contributed by atoms with Crippen LogP contribution >= 0.6 is 11.6 Å². The van der Waals surface area contributed by atoms with E-state index >= 15 is 0 Å². The van der Waals surface area contributed by atoms with E-state index in [1.165, 1.54) is 12.3 Å². The van der Waals surface area contributed by atoms with E-state index in [9.17, 15) is 9.18 Å². The fourth-order valence-corrected chi connectivity index (χ4v) is 2.10. The minimum Gasteiger partial charge on any atom is -0.417 e. The van der Waals surface area contributed by atoms with E-state index in [1.54, 1.807) is 12.1 Å². The average molecular weight is 307 g/mol. The van der Waals surface area contributed by atoms with Crippen molar-refractivity contribution in [1.29, 1.82) is 0 Å². The molecular weight excluding hydrogens is 299 g/mol. The Labute approximate surface area is 122 Å². The van der Waals surface area contributed by atoms with Gasteiger partial charge in [0.2, 0.25) is 5.89 Å². The number of hydrogen-bond donors (Lipinski definition) is 1. The van der Waals surface area contributed by atoms with Crippen LogP contribution in [-0.2, 0) is 6.42 Å². The molecular formula is C13H8ClFN4O2. The highest BCUT2D eigenvalue weighted by Gasteiger charge is 2.13. The van der Waals surface area contributed by atoms with Gasteiger partial charge in [0.15, 0.2) is 0 Å². The molecule has 0 atom stereocenters. The molecule has 0 spiro atoms. The first-order chi connectivity index (χ1) is 10.0. The number of hydrogen-bond acceptors (Lipinski definition) is 5. The summed E-state index contributed by atoms with van der Waals surface area (Å²) in [5.74, 6) is -1.41. The summed E-state index contributed by atoms with van der Waals surface area (Å²) in [6.45, 7) is 0. The standard InChI is InChI=1S/C13H8ClFN4O2/c14-8-4-7-1-6(2-9(15)11(7)17-5-8)3-10-18-19-13(21-10)12(16)20/h1-2,4-5H,3H2,(H2,16,20).